The first-order valence-corrected chi connectivity index (χ1v) is 6.36. The zero-order valence-electron chi connectivity index (χ0n) is 8.85. The van der Waals surface area contributed by atoms with Gasteiger partial charge in [-0.15, -0.1) is 0 Å². The van der Waals surface area contributed by atoms with Crippen molar-refractivity contribution in [3.63, 3.8) is 0 Å². The number of carboxylic acid groups (broad SMARTS) is 1. The summed E-state index contributed by atoms with van der Waals surface area (Å²) in [6, 6.07) is 3.51. The van der Waals surface area contributed by atoms with Gasteiger partial charge in [0.05, 0.1) is 5.69 Å². The summed E-state index contributed by atoms with van der Waals surface area (Å²) in [5, 5.41) is 12.7. The number of aromatic nitrogens is 1. The molecule has 1 aromatic heterocycles. The Labute approximate surface area is 98.5 Å². The fraction of sp³-hybridized carbons (Fsp3) is 0.455. The molecule has 0 aliphatic carbocycles. The number of nitrogens with zero attached hydrogens (tertiary/aromatic N) is 1. The Morgan fingerprint density at radius 1 is 1.69 bits per heavy atom. The monoisotopic (exact) mass is 238 g/mol. The molecular formula is C11H14N2O2S. The smallest absolute Gasteiger partial charge is 0.356 e. The maximum atomic E-state index is 10.9. The summed E-state index contributed by atoms with van der Waals surface area (Å²) in [7, 11) is 0. The normalized spacial score (nSPS) is 19.6. The van der Waals surface area contributed by atoms with Gasteiger partial charge in [0, 0.05) is 18.0 Å². The first-order valence-electron chi connectivity index (χ1n) is 5.31. The third-order valence-electron chi connectivity index (χ3n) is 2.55. The van der Waals surface area contributed by atoms with Crippen LogP contribution in [0.2, 0.25) is 0 Å². The highest BCUT2D eigenvalue weighted by molar-refractivity contribution is 8.00. The number of carboxylic acids is 1. The summed E-state index contributed by atoms with van der Waals surface area (Å²) in [4.78, 5) is 14.8. The Morgan fingerprint density at radius 3 is 3.25 bits per heavy atom. The lowest BCUT2D eigenvalue weighted by atomic mass is 10.2. The average molecular weight is 238 g/mol. The van der Waals surface area contributed by atoms with E-state index < -0.39 is 5.97 Å². The van der Waals surface area contributed by atoms with Crippen molar-refractivity contribution in [1.29, 1.82) is 0 Å². The van der Waals surface area contributed by atoms with Gasteiger partial charge < -0.3 is 10.4 Å². The number of nitrogens with one attached hydrogen (secondary N) is 1. The van der Waals surface area contributed by atoms with Gasteiger partial charge in [0.15, 0.2) is 5.69 Å². The number of rotatable bonds is 4. The van der Waals surface area contributed by atoms with Gasteiger partial charge in [0.25, 0.3) is 0 Å². The predicted octanol–water partition coefficient (Wildman–Crippen LogP) is 2.09. The maximum Gasteiger partial charge on any atom is 0.356 e. The van der Waals surface area contributed by atoms with Gasteiger partial charge in [-0.25, -0.2) is 9.78 Å². The van der Waals surface area contributed by atoms with E-state index in [0.29, 0.717) is 10.9 Å². The van der Waals surface area contributed by atoms with Crippen molar-refractivity contribution in [2.24, 2.45) is 0 Å². The SMILES string of the molecule is O=C(O)c1ncccc1NCC1CCCS1. The number of aromatic carboxylic acids is 1. The fourth-order valence-electron chi connectivity index (χ4n) is 1.75. The molecule has 2 rings (SSSR count). The molecule has 1 aliphatic rings. The van der Waals surface area contributed by atoms with E-state index in [4.69, 9.17) is 5.11 Å². The van der Waals surface area contributed by atoms with Crippen LogP contribution in [0.1, 0.15) is 23.3 Å². The summed E-state index contributed by atoms with van der Waals surface area (Å²) in [6.07, 6.45) is 3.97. The molecule has 0 aromatic carbocycles. The molecule has 4 nitrogen and oxygen atoms in total. The molecular weight excluding hydrogens is 224 g/mol. The van der Waals surface area contributed by atoms with E-state index in [1.807, 2.05) is 11.8 Å². The highest BCUT2D eigenvalue weighted by atomic mass is 32.2. The largest absolute Gasteiger partial charge is 0.476 e. The van der Waals surface area contributed by atoms with Crippen LogP contribution in [-0.4, -0.2) is 33.6 Å². The highest BCUT2D eigenvalue weighted by Gasteiger charge is 2.17. The van der Waals surface area contributed by atoms with Crippen LogP contribution in [-0.2, 0) is 0 Å². The number of pyridine rings is 1. The van der Waals surface area contributed by atoms with E-state index in [2.05, 4.69) is 10.3 Å². The van der Waals surface area contributed by atoms with Crippen molar-refractivity contribution in [1.82, 2.24) is 4.98 Å². The molecule has 1 fully saturated rings. The van der Waals surface area contributed by atoms with E-state index in [-0.39, 0.29) is 5.69 Å². The van der Waals surface area contributed by atoms with Gasteiger partial charge in [-0.1, -0.05) is 0 Å². The average Bonchev–Trinajstić information content (AvgIpc) is 2.79. The minimum Gasteiger partial charge on any atom is -0.476 e. The predicted molar refractivity (Wildman–Crippen MR) is 65.2 cm³/mol. The Hall–Kier alpha value is -1.23. The lowest BCUT2D eigenvalue weighted by Gasteiger charge is -2.12. The molecule has 1 aliphatic heterocycles. The van der Waals surface area contributed by atoms with Gasteiger partial charge in [-0.05, 0) is 30.7 Å². The van der Waals surface area contributed by atoms with Crippen LogP contribution in [0.5, 0.6) is 0 Å². The van der Waals surface area contributed by atoms with Crippen molar-refractivity contribution in [2.45, 2.75) is 18.1 Å². The van der Waals surface area contributed by atoms with E-state index in [1.165, 1.54) is 24.8 Å². The van der Waals surface area contributed by atoms with Crippen LogP contribution >= 0.6 is 11.8 Å². The minimum atomic E-state index is -0.984. The summed E-state index contributed by atoms with van der Waals surface area (Å²) >= 11 is 1.95. The second-order valence-electron chi connectivity index (χ2n) is 3.72. The third-order valence-corrected chi connectivity index (χ3v) is 3.95. The molecule has 1 atom stereocenters. The summed E-state index contributed by atoms with van der Waals surface area (Å²) < 4.78 is 0. The van der Waals surface area contributed by atoms with Crippen molar-refractivity contribution in [3.8, 4) is 0 Å². The van der Waals surface area contributed by atoms with E-state index in [1.54, 1.807) is 12.1 Å². The van der Waals surface area contributed by atoms with Gasteiger partial charge >= 0.3 is 5.97 Å². The van der Waals surface area contributed by atoms with E-state index in [0.717, 1.165) is 6.54 Å². The van der Waals surface area contributed by atoms with Crippen LogP contribution < -0.4 is 5.32 Å². The molecule has 0 spiro atoms. The molecule has 0 amide bonds. The molecule has 2 heterocycles. The minimum absolute atomic E-state index is 0.102. The molecule has 0 saturated carbocycles. The second-order valence-corrected chi connectivity index (χ2v) is 5.13. The van der Waals surface area contributed by atoms with Gasteiger partial charge in [-0.2, -0.15) is 11.8 Å². The summed E-state index contributed by atoms with van der Waals surface area (Å²) in [5.41, 5.74) is 0.716. The summed E-state index contributed by atoms with van der Waals surface area (Å²) in [5.74, 6) is 0.229. The molecule has 1 aromatic rings. The standard InChI is InChI=1S/C11H14N2O2S/c14-11(15)10-9(4-1-5-12-10)13-7-8-3-2-6-16-8/h1,4-5,8,13H,2-3,6-7H2,(H,14,15). The highest BCUT2D eigenvalue weighted by Crippen LogP contribution is 2.26. The second kappa shape index (κ2) is 5.21. The molecule has 86 valence electrons. The van der Waals surface area contributed by atoms with Gasteiger partial charge in [0.2, 0.25) is 0 Å². The van der Waals surface area contributed by atoms with Gasteiger partial charge in [0.1, 0.15) is 0 Å². The lowest BCUT2D eigenvalue weighted by Crippen LogP contribution is -2.16. The molecule has 16 heavy (non-hydrogen) atoms. The lowest BCUT2D eigenvalue weighted by molar-refractivity contribution is 0.0691. The topological polar surface area (TPSA) is 62.2 Å². The molecule has 0 bridgehead atoms. The number of carbonyl (C=O) groups is 1. The molecule has 1 saturated heterocycles. The van der Waals surface area contributed by atoms with Crippen LogP contribution in [0.25, 0.3) is 0 Å². The van der Waals surface area contributed by atoms with Crippen LogP contribution in [0, 0.1) is 0 Å². The number of hydrogen-bond acceptors (Lipinski definition) is 4. The summed E-state index contributed by atoms with van der Waals surface area (Å²) in [6.45, 7) is 0.816. The Morgan fingerprint density at radius 2 is 2.56 bits per heavy atom. The van der Waals surface area contributed by atoms with Crippen molar-refractivity contribution in [2.75, 3.05) is 17.6 Å². The van der Waals surface area contributed by atoms with Crippen LogP contribution in [0.15, 0.2) is 18.3 Å². The number of thioether (sulfide) groups is 1. The maximum absolute atomic E-state index is 10.9. The van der Waals surface area contributed by atoms with Gasteiger partial charge in [-0.3, -0.25) is 0 Å². The van der Waals surface area contributed by atoms with Crippen LogP contribution in [0.3, 0.4) is 0 Å². The Kier molecular flexibility index (Phi) is 3.66. The van der Waals surface area contributed by atoms with Crippen molar-refractivity contribution in [3.05, 3.63) is 24.0 Å². The molecule has 1 unspecified atom stereocenters. The first kappa shape index (κ1) is 11.3. The first-order chi connectivity index (χ1) is 7.77. The van der Waals surface area contributed by atoms with E-state index >= 15 is 0 Å². The molecule has 2 N–H and O–H groups in total. The van der Waals surface area contributed by atoms with Crippen molar-refractivity contribution >= 4 is 23.4 Å². The Bertz CT molecular complexity index is 378. The quantitative estimate of drug-likeness (QED) is 0.841. The molecule has 0 radical (unpaired) electrons. The fourth-order valence-corrected chi connectivity index (χ4v) is 2.95. The van der Waals surface area contributed by atoms with Crippen molar-refractivity contribution < 1.29 is 9.90 Å². The number of hydrogen-bond donors (Lipinski definition) is 2. The third kappa shape index (κ3) is 2.66. The molecule has 5 heteroatoms. The number of anilines is 1. The zero-order chi connectivity index (χ0) is 11.4. The van der Waals surface area contributed by atoms with Crippen LogP contribution in [0.4, 0.5) is 5.69 Å². The Balaban J connectivity index is 2.00. The van der Waals surface area contributed by atoms with E-state index in [9.17, 15) is 4.79 Å². The zero-order valence-corrected chi connectivity index (χ0v) is 9.67.